The highest BCUT2D eigenvalue weighted by molar-refractivity contribution is 6.10. The van der Waals surface area contributed by atoms with Crippen molar-refractivity contribution in [1.82, 2.24) is 0 Å². The molecule has 0 fully saturated rings. The highest BCUT2D eigenvalue weighted by Gasteiger charge is 2.31. The zero-order chi connectivity index (χ0) is 35.8. The SMILES string of the molecule is C=CC1=NC(CC(=C)N(C)c2ccccc2Nc2c(C(C)C)cc(-c3ccccc3)cc2C(C)O)C(CCC(=C)/C=C\CC)c2ccccc21. The van der Waals surface area contributed by atoms with Gasteiger partial charge < -0.3 is 15.3 Å². The molecule has 0 aromatic heterocycles. The van der Waals surface area contributed by atoms with Crippen molar-refractivity contribution in [3.63, 3.8) is 0 Å². The topological polar surface area (TPSA) is 47.9 Å². The number of allylic oxidation sites excluding steroid dienone is 4. The van der Waals surface area contributed by atoms with Gasteiger partial charge in [-0.1, -0.05) is 125 Å². The largest absolute Gasteiger partial charge is 0.389 e. The Bertz CT molecular complexity index is 1850. The minimum absolute atomic E-state index is 0.0100. The summed E-state index contributed by atoms with van der Waals surface area (Å²) in [4.78, 5) is 7.47. The van der Waals surface area contributed by atoms with E-state index in [0.717, 1.165) is 75.6 Å². The predicted molar refractivity (Wildman–Crippen MR) is 216 cm³/mol. The molecule has 0 aliphatic carbocycles. The minimum Gasteiger partial charge on any atom is -0.389 e. The highest BCUT2D eigenvalue weighted by atomic mass is 16.3. The van der Waals surface area contributed by atoms with Crippen molar-refractivity contribution in [3.05, 3.63) is 162 Å². The summed E-state index contributed by atoms with van der Waals surface area (Å²) < 4.78 is 0. The first-order valence-corrected chi connectivity index (χ1v) is 18.0. The number of anilines is 3. The van der Waals surface area contributed by atoms with Crippen LogP contribution in [0.1, 0.15) is 93.6 Å². The van der Waals surface area contributed by atoms with Crippen LogP contribution in [-0.4, -0.2) is 23.9 Å². The number of aliphatic hydroxyl groups excluding tert-OH is 1. The maximum Gasteiger partial charge on any atom is 0.0782 e. The van der Waals surface area contributed by atoms with E-state index >= 15 is 0 Å². The number of nitrogens with zero attached hydrogens (tertiary/aromatic N) is 2. The fraction of sp³-hybridized carbons (Fsp3) is 0.283. The molecule has 50 heavy (non-hydrogen) atoms. The van der Waals surface area contributed by atoms with Crippen LogP contribution in [0.25, 0.3) is 11.1 Å². The molecule has 4 nitrogen and oxygen atoms in total. The Labute approximate surface area is 300 Å². The van der Waals surface area contributed by atoms with E-state index in [-0.39, 0.29) is 17.9 Å². The van der Waals surface area contributed by atoms with Gasteiger partial charge in [-0.05, 0) is 84.7 Å². The summed E-state index contributed by atoms with van der Waals surface area (Å²) in [7, 11) is 2.08. The molecule has 0 saturated heterocycles. The van der Waals surface area contributed by atoms with Gasteiger partial charge in [0.25, 0.3) is 0 Å². The molecule has 1 aliphatic heterocycles. The lowest BCUT2D eigenvalue weighted by Gasteiger charge is -2.34. The van der Waals surface area contributed by atoms with Crippen LogP contribution >= 0.6 is 0 Å². The van der Waals surface area contributed by atoms with Crippen LogP contribution in [0, 0.1) is 0 Å². The number of benzene rings is 4. The fourth-order valence-corrected chi connectivity index (χ4v) is 6.98. The number of nitrogens with one attached hydrogen (secondary N) is 1. The normalized spacial score (nSPS) is 16.1. The number of para-hydroxylation sites is 2. The molecular formula is C46H53N3O. The molecule has 0 radical (unpaired) electrons. The van der Waals surface area contributed by atoms with Gasteiger partial charge in [-0.2, -0.15) is 0 Å². The predicted octanol–water partition coefficient (Wildman–Crippen LogP) is 12.1. The third-order valence-electron chi connectivity index (χ3n) is 9.79. The molecule has 258 valence electrons. The average molecular weight is 664 g/mol. The minimum atomic E-state index is -0.657. The fourth-order valence-electron chi connectivity index (χ4n) is 6.98. The van der Waals surface area contributed by atoms with Gasteiger partial charge in [0.1, 0.15) is 0 Å². The molecule has 2 N–H and O–H groups in total. The third-order valence-corrected chi connectivity index (χ3v) is 9.79. The van der Waals surface area contributed by atoms with Crippen molar-refractivity contribution >= 4 is 22.8 Å². The number of fused-ring (bicyclic) bond motifs is 1. The van der Waals surface area contributed by atoms with Crippen molar-refractivity contribution in [2.24, 2.45) is 4.99 Å². The molecule has 4 heteroatoms. The second kappa shape index (κ2) is 16.7. The average Bonchev–Trinajstić information content (AvgIpc) is 3.13. The number of hydrogen-bond donors (Lipinski definition) is 2. The molecule has 5 rings (SSSR count). The Balaban J connectivity index is 1.46. The van der Waals surface area contributed by atoms with Crippen molar-refractivity contribution < 1.29 is 5.11 Å². The van der Waals surface area contributed by atoms with E-state index < -0.39 is 6.10 Å². The molecule has 4 aromatic carbocycles. The molecule has 3 unspecified atom stereocenters. The van der Waals surface area contributed by atoms with Gasteiger partial charge in [0.05, 0.1) is 29.2 Å². The molecule has 0 bridgehead atoms. The van der Waals surface area contributed by atoms with E-state index in [1.807, 2.05) is 25.1 Å². The first-order valence-electron chi connectivity index (χ1n) is 18.0. The lowest BCUT2D eigenvalue weighted by atomic mass is 9.79. The van der Waals surface area contributed by atoms with Crippen molar-refractivity contribution in [1.29, 1.82) is 0 Å². The van der Waals surface area contributed by atoms with E-state index in [1.54, 1.807) is 0 Å². The van der Waals surface area contributed by atoms with Gasteiger partial charge >= 0.3 is 0 Å². The van der Waals surface area contributed by atoms with Crippen LogP contribution in [-0.2, 0) is 0 Å². The van der Waals surface area contributed by atoms with Gasteiger partial charge in [-0.15, -0.1) is 0 Å². The van der Waals surface area contributed by atoms with Crippen molar-refractivity contribution in [2.75, 3.05) is 17.3 Å². The highest BCUT2D eigenvalue weighted by Crippen LogP contribution is 2.42. The molecule has 0 amide bonds. The second-order valence-electron chi connectivity index (χ2n) is 13.7. The summed E-state index contributed by atoms with van der Waals surface area (Å²) in [6.45, 7) is 21.5. The molecular weight excluding hydrogens is 611 g/mol. The van der Waals surface area contributed by atoms with Gasteiger partial charge in [0, 0.05) is 41.9 Å². The Hall–Kier alpha value is -4.93. The Kier molecular flexibility index (Phi) is 12.1. The van der Waals surface area contributed by atoms with Crippen LogP contribution in [0.2, 0.25) is 0 Å². The van der Waals surface area contributed by atoms with Gasteiger partial charge in [0.15, 0.2) is 0 Å². The first kappa shape index (κ1) is 36.4. The molecule has 4 aromatic rings. The van der Waals surface area contributed by atoms with E-state index in [2.05, 4.69) is 149 Å². The number of hydrogen-bond acceptors (Lipinski definition) is 4. The maximum absolute atomic E-state index is 11.1. The van der Waals surface area contributed by atoms with E-state index in [1.165, 1.54) is 11.1 Å². The summed E-state index contributed by atoms with van der Waals surface area (Å²) in [5.74, 6) is 0.459. The van der Waals surface area contributed by atoms with Crippen LogP contribution in [0.5, 0.6) is 0 Å². The van der Waals surface area contributed by atoms with E-state index in [9.17, 15) is 5.11 Å². The third kappa shape index (κ3) is 8.26. The smallest absolute Gasteiger partial charge is 0.0782 e. The quantitative estimate of drug-likeness (QED) is 0.124. The lowest BCUT2D eigenvalue weighted by Crippen LogP contribution is -2.29. The number of aliphatic hydroxyl groups is 1. The van der Waals surface area contributed by atoms with E-state index in [0.29, 0.717) is 6.42 Å². The molecule has 0 spiro atoms. The summed E-state index contributed by atoms with van der Waals surface area (Å²) >= 11 is 0. The van der Waals surface area contributed by atoms with Gasteiger partial charge in [-0.3, -0.25) is 4.99 Å². The molecule has 1 aliphatic rings. The van der Waals surface area contributed by atoms with Crippen LogP contribution in [0.15, 0.2) is 145 Å². The first-order chi connectivity index (χ1) is 24.1. The van der Waals surface area contributed by atoms with Crippen LogP contribution < -0.4 is 10.2 Å². The zero-order valence-corrected chi connectivity index (χ0v) is 30.5. The summed E-state index contributed by atoms with van der Waals surface area (Å²) in [5, 5.41) is 14.9. The van der Waals surface area contributed by atoms with Gasteiger partial charge in [-0.25, -0.2) is 0 Å². The summed E-state index contributed by atoms with van der Waals surface area (Å²) in [5.41, 5.74) is 12.7. The van der Waals surface area contributed by atoms with Crippen LogP contribution in [0.4, 0.5) is 17.1 Å². The molecule has 0 saturated carbocycles. The van der Waals surface area contributed by atoms with Crippen molar-refractivity contribution in [3.8, 4) is 11.1 Å². The Morgan fingerprint density at radius 1 is 0.920 bits per heavy atom. The monoisotopic (exact) mass is 663 g/mol. The summed E-state index contributed by atoms with van der Waals surface area (Å²) in [6.07, 6.45) is 9.12. The Morgan fingerprint density at radius 3 is 2.30 bits per heavy atom. The van der Waals surface area contributed by atoms with E-state index in [4.69, 9.17) is 4.99 Å². The maximum atomic E-state index is 11.1. The van der Waals surface area contributed by atoms with Crippen LogP contribution in [0.3, 0.4) is 0 Å². The van der Waals surface area contributed by atoms with Gasteiger partial charge in [0.2, 0.25) is 0 Å². The second-order valence-corrected chi connectivity index (χ2v) is 13.7. The molecule has 1 heterocycles. The van der Waals surface area contributed by atoms with Crippen molar-refractivity contribution in [2.45, 2.75) is 77.4 Å². The molecule has 3 atom stereocenters. The summed E-state index contributed by atoms with van der Waals surface area (Å²) in [6, 6.07) is 31.7. The standard InChI is InChI=1S/C46H53N3O/c1-9-11-19-32(5)26-27-39-37-22-15-16-23-38(37)42(10-2)47-44(39)28-33(6)49(8)45-25-18-17-24-43(45)48-46-40(31(3)4)29-36(30-41(46)34(7)50)35-20-13-12-14-21-35/h10-25,29-31,34,39,44,48,50H,2,5-6,9,26-28H2,1,3-4,7-8H3/b19-11-. The lowest BCUT2D eigenvalue weighted by molar-refractivity contribution is 0.200. The Morgan fingerprint density at radius 2 is 1.60 bits per heavy atom. The number of aliphatic imine (C=N–C) groups is 1. The number of rotatable bonds is 15. The zero-order valence-electron chi connectivity index (χ0n) is 30.5.